The summed E-state index contributed by atoms with van der Waals surface area (Å²) >= 11 is 0. The number of fused-ring (bicyclic) bond motifs is 5. The minimum absolute atomic E-state index is 0.151. The van der Waals surface area contributed by atoms with Crippen LogP contribution in [0.15, 0.2) is 42.5 Å². The normalized spacial score (nSPS) is 40.7. The van der Waals surface area contributed by atoms with E-state index in [2.05, 4.69) is 43.8 Å². The summed E-state index contributed by atoms with van der Waals surface area (Å²) in [4.78, 5) is 13.1. The smallest absolute Gasteiger partial charge is 0.172 e. The van der Waals surface area contributed by atoms with E-state index >= 15 is 0 Å². The molecule has 5 aliphatic rings. The van der Waals surface area contributed by atoms with Gasteiger partial charge in [0.15, 0.2) is 5.79 Å². The number of Topliss-reactive ketones (excluding diaryl/α,β-unsaturated/α-hetero) is 1. The van der Waals surface area contributed by atoms with Gasteiger partial charge in [-0.3, -0.25) is 4.79 Å². The second-order valence-electron chi connectivity index (χ2n) is 10.9. The molecule has 0 unspecified atom stereocenters. The molecule has 1 saturated heterocycles. The lowest BCUT2D eigenvalue weighted by atomic mass is 9.48. The van der Waals surface area contributed by atoms with E-state index in [1.54, 1.807) is 5.57 Å². The standard InChI is InChI=1S/C28H34O3/c1-3-18-4-6-19(7-5-18)23-17-27(2)24(10-11-25(27)29)22-9-8-20-16-28(30-14-15-31-28)13-12-21(20)26(22)23/h3-8,21-24,26H,1,9-17H2,2H3/t21-,22-,23+,24-,26+,27-/m0/s1. The molecule has 164 valence electrons. The minimum Gasteiger partial charge on any atom is -0.347 e. The maximum absolute atomic E-state index is 13.1. The Labute approximate surface area is 185 Å². The van der Waals surface area contributed by atoms with Gasteiger partial charge < -0.3 is 9.47 Å². The SMILES string of the molecule is C=Cc1ccc([C@H]2C[C@]3(C)C(=O)CC[C@H]3[C@@H]3CC=C4CC5(CC[C@@H]4[C@H]32)OCCO5)cc1. The van der Waals surface area contributed by atoms with Crippen LogP contribution >= 0.6 is 0 Å². The van der Waals surface area contributed by atoms with Gasteiger partial charge in [-0.15, -0.1) is 0 Å². The lowest BCUT2D eigenvalue weighted by Gasteiger charge is -2.56. The third kappa shape index (κ3) is 2.96. The highest BCUT2D eigenvalue weighted by atomic mass is 16.7. The Morgan fingerprint density at radius 3 is 2.61 bits per heavy atom. The largest absolute Gasteiger partial charge is 0.347 e. The van der Waals surface area contributed by atoms with Gasteiger partial charge in [-0.2, -0.15) is 0 Å². The number of ketones is 1. The summed E-state index contributed by atoms with van der Waals surface area (Å²) < 4.78 is 12.2. The average molecular weight is 419 g/mol. The Hall–Kier alpha value is -1.71. The first-order valence-corrected chi connectivity index (χ1v) is 12.3. The highest BCUT2D eigenvalue weighted by Gasteiger charge is 2.60. The van der Waals surface area contributed by atoms with Crippen LogP contribution in [0.25, 0.3) is 6.08 Å². The van der Waals surface area contributed by atoms with Crippen LogP contribution in [0.3, 0.4) is 0 Å². The molecular formula is C28H34O3. The van der Waals surface area contributed by atoms with Crippen LogP contribution in [0, 0.1) is 29.1 Å². The number of rotatable bonds is 2. The predicted molar refractivity (Wildman–Crippen MR) is 121 cm³/mol. The molecule has 4 aliphatic carbocycles. The molecule has 1 heterocycles. The highest BCUT2D eigenvalue weighted by molar-refractivity contribution is 5.87. The summed E-state index contributed by atoms with van der Waals surface area (Å²) in [6, 6.07) is 8.98. The molecule has 1 aromatic rings. The summed E-state index contributed by atoms with van der Waals surface area (Å²) in [5.74, 6) is 2.97. The number of allylic oxidation sites excluding steroid dienone is 1. The number of hydrogen-bond acceptors (Lipinski definition) is 3. The van der Waals surface area contributed by atoms with E-state index in [1.807, 2.05) is 6.08 Å². The third-order valence-corrected chi connectivity index (χ3v) is 9.57. The molecule has 6 rings (SSSR count). The van der Waals surface area contributed by atoms with Crippen molar-refractivity contribution < 1.29 is 14.3 Å². The molecule has 1 aliphatic heterocycles. The zero-order chi connectivity index (χ0) is 21.2. The van der Waals surface area contributed by atoms with Crippen molar-refractivity contribution in [3.8, 4) is 0 Å². The molecule has 0 amide bonds. The maximum Gasteiger partial charge on any atom is 0.172 e. The molecule has 0 aromatic heterocycles. The van der Waals surface area contributed by atoms with E-state index in [9.17, 15) is 4.79 Å². The summed E-state index contributed by atoms with van der Waals surface area (Å²) in [5, 5.41) is 0. The van der Waals surface area contributed by atoms with Crippen molar-refractivity contribution in [2.75, 3.05) is 13.2 Å². The van der Waals surface area contributed by atoms with Gasteiger partial charge in [-0.25, -0.2) is 0 Å². The average Bonchev–Trinajstić information content (AvgIpc) is 3.37. The van der Waals surface area contributed by atoms with Gasteiger partial charge in [0.25, 0.3) is 0 Å². The van der Waals surface area contributed by atoms with Crippen LogP contribution < -0.4 is 0 Å². The minimum atomic E-state index is -0.358. The second-order valence-corrected chi connectivity index (χ2v) is 10.9. The maximum atomic E-state index is 13.1. The van der Waals surface area contributed by atoms with Gasteiger partial charge in [0, 0.05) is 24.7 Å². The van der Waals surface area contributed by atoms with Crippen LogP contribution in [-0.4, -0.2) is 24.8 Å². The molecule has 4 fully saturated rings. The fourth-order valence-electron chi connectivity index (χ4n) is 8.11. The molecule has 3 nitrogen and oxygen atoms in total. The fourth-order valence-corrected chi connectivity index (χ4v) is 8.11. The fraction of sp³-hybridized carbons (Fsp3) is 0.607. The summed E-state index contributed by atoms with van der Waals surface area (Å²) in [6.07, 6.45) is 11.5. The number of carbonyl (C=O) groups excluding carboxylic acids is 1. The van der Waals surface area contributed by atoms with E-state index in [1.165, 1.54) is 5.56 Å². The summed E-state index contributed by atoms with van der Waals surface area (Å²) in [6.45, 7) is 7.65. The van der Waals surface area contributed by atoms with Crippen molar-refractivity contribution in [2.45, 2.75) is 63.6 Å². The third-order valence-electron chi connectivity index (χ3n) is 9.57. The Kier molecular flexibility index (Phi) is 4.60. The molecule has 3 saturated carbocycles. The van der Waals surface area contributed by atoms with Gasteiger partial charge in [-0.1, -0.05) is 55.5 Å². The molecule has 1 spiro atoms. The van der Waals surface area contributed by atoms with Gasteiger partial charge in [0.1, 0.15) is 5.78 Å². The highest BCUT2D eigenvalue weighted by Crippen LogP contribution is 2.64. The van der Waals surface area contributed by atoms with Crippen LogP contribution in [0.5, 0.6) is 0 Å². The monoisotopic (exact) mass is 418 g/mol. The Balaban J connectivity index is 1.40. The van der Waals surface area contributed by atoms with Crippen molar-refractivity contribution in [1.82, 2.24) is 0 Å². The van der Waals surface area contributed by atoms with Gasteiger partial charge >= 0.3 is 0 Å². The van der Waals surface area contributed by atoms with E-state index in [0.717, 1.165) is 63.7 Å². The molecular weight excluding hydrogens is 384 g/mol. The molecule has 0 N–H and O–H groups in total. The summed E-state index contributed by atoms with van der Waals surface area (Å²) in [7, 11) is 0. The van der Waals surface area contributed by atoms with E-state index in [4.69, 9.17) is 9.47 Å². The molecule has 6 atom stereocenters. The van der Waals surface area contributed by atoms with Crippen LogP contribution in [0.1, 0.15) is 68.9 Å². The van der Waals surface area contributed by atoms with Crippen LogP contribution in [0.4, 0.5) is 0 Å². The Bertz CT molecular complexity index is 922. The quantitative estimate of drug-likeness (QED) is 0.560. The first-order chi connectivity index (χ1) is 15.0. The molecule has 0 radical (unpaired) electrons. The molecule has 0 bridgehead atoms. The van der Waals surface area contributed by atoms with Gasteiger partial charge in [0.2, 0.25) is 0 Å². The number of carbonyl (C=O) groups is 1. The first-order valence-electron chi connectivity index (χ1n) is 12.3. The van der Waals surface area contributed by atoms with Crippen LogP contribution in [0.2, 0.25) is 0 Å². The predicted octanol–water partition coefficient (Wildman–Crippen LogP) is 5.91. The Morgan fingerprint density at radius 1 is 1.10 bits per heavy atom. The van der Waals surface area contributed by atoms with E-state index in [-0.39, 0.29) is 11.2 Å². The second kappa shape index (κ2) is 7.15. The van der Waals surface area contributed by atoms with Crippen molar-refractivity contribution in [3.05, 3.63) is 53.6 Å². The van der Waals surface area contributed by atoms with Crippen molar-refractivity contribution in [3.63, 3.8) is 0 Å². The summed E-state index contributed by atoms with van der Waals surface area (Å²) in [5.41, 5.74) is 3.99. The van der Waals surface area contributed by atoms with Crippen LogP contribution in [-0.2, 0) is 14.3 Å². The Morgan fingerprint density at radius 2 is 1.87 bits per heavy atom. The number of benzene rings is 1. The topological polar surface area (TPSA) is 35.5 Å². The van der Waals surface area contributed by atoms with E-state index in [0.29, 0.717) is 35.4 Å². The zero-order valence-corrected chi connectivity index (χ0v) is 18.6. The molecule has 31 heavy (non-hydrogen) atoms. The van der Waals surface area contributed by atoms with Crippen molar-refractivity contribution >= 4 is 11.9 Å². The lowest BCUT2D eigenvalue weighted by molar-refractivity contribution is -0.176. The van der Waals surface area contributed by atoms with Crippen molar-refractivity contribution in [2.24, 2.45) is 29.1 Å². The van der Waals surface area contributed by atoms with Gasteiger partial charge in [-0.05, 0) is 66.4 Å². The van der Waals surface area contributed by atoms with E-state index < -0.39 is 0 Å². The first kappa shape index (κ1) is 19.9. The molecule has 3 heteroatoms. The zero-order valence-electron chi connectivity index (χ0n) is 18.6. The van der Waals surface area contributed by atoms with Gasteiger partial charge in [0.05, 0.1) is 13.2 Å². The van der Waals surface area contributed by atoms with Crippen molar-refractivity contribution in [1.29, 1.82) is 0 Å². The number of ether oxygens (including phenoxy) is 2. The molecule has 1 aromatic carbocycles. The number of hydrogen-bond donors (Lipinski definition) is 0. The lowest BCUT2D eigenvalue weighted by Crippen LogP contribution is -2.51.